The Morgan fingerprint density at radius 2 is 1.78 bits per heavy atom. The van der Waals surface area contributed by atoms with Crippen LogP contribution < -0.4 is 0 Å². The molecule has 0 spiro atoms. The molecule has 0 aliphatic carbocycles. The second-order valence-corrected chi connectivity index (χ2v) is 7.49. The first kappa shape index (κ1) is 17.8. The number of rotatable bonds is 5. The van der Waals surface area contributed by atoms with Gasteiger partial charge in [-0.05, 0) is 42.8 Å². The lowest BCUT2D eigenvalue weighted by Gasteiger charge is -2.09. The fourth-order valence-electron chi connectivity index (χ4n) is 3.44. The number of nitrogens with one attached hydrogen (secondary N) is 1. The van der Waals surface area contributed by atoms with Gasteiger partial charge in [0.1, 0.15) is 5.82 Å². The summed E-state index contributed by atoms with van der Waals surface area (Å²) in [7, 11) is 0. The molecule has 0 saturated carbocycles. The van der Waals surface area contributed by atoms with Gasteiger partial charge >= 0.3 is 0 Å². The van der Waals surface area contributed by atoms with Gasteiger partial charge in [-0.25, -0.2) is 4.98 Å². The van der Waals surface area contributed by atoms with Crippen molar-refractivity contribution in [2.24, 2.45) is 0 Å². The van der Waals surface area contributed by atoms with Crippen LogP contribution in [-0.4, -0.2) is 9.97 Å². The minimum absolute atomic E-state index is 0.793. The van der Waals surface area contributed by atoms with E-state index in [1.54, 1.807) is 0 Å². The van der Waals surface area contributed by atoms with E-state index in [0.29, 0.717) is 0 Å². The normalized spacial score (nSPS) is 11.2. The lowest BCUT2D eigenvalue weighted by Crippen LogP contribution is -1.88. The van der Waals surface area contributed by atoms with Gasteiger partial charge in [0.15, 0.2) is 0 Å². The van der Waals surface area contributed by atoms with E-state index in [-0.39, 0.29) is 0 Å². The zero-order valence-electron chi connectivity index (χ0n) is 15.7. The Bertz CT molecular complexity index is 1080. The van der Waals surface area contributed by atoms with Gasteiger partial charge in [-0.2, -0.15) is 0 Å². The van der Waals surface area contributed by atoms with Crippen LogP contribution in [0.3, 0.4) is 0 Å². The predicted molar refractivity (Wildman–Crippen MR) is 115 cm³/mol. The van der Waals surface area contributed by atoms with Crippen molar-refractivity contribution in [1.82, 2.24) is 9.97 Å². The number of H-pyrrole nitrogens is 1. The van der Waals surface area contributed by atoms with Crippen LogP contribution in [0.4, 0.5) is 0 Å². The number of halogens is 1. The maximum atomic E-state index is 6.51. The Morgan fingerprint density at radius 3 is 2.56 bits per heavy atom. The number of imidazole rings is 1. The molecule has 0 atom stereocenters. The summed E-state index contributed by atoms with van der Waals surface area (Å²) in [5.41, 5.74) is 5.71. The van der Waals surface area contributed by atoms with E-state index in [2.05, 4.69) is 67.4 Å². The first-order valence-electron chi connectivity index (χ1n) is 9.49. The first-order valence-corrected chi connectivity index (χ1v) is 9.87. The van der Waals surface area contributed by atoms with Gasteiger partial charge < -0.3 is 4.98 Å². The van der Waals surface area contributed by atoms with E-state index in [0.717, 1.165) is 44.9 Å². The van der Waals surface area contributed by atoms with Crippen LogP contribution in [0.25, 0.3) is 33.4 Å². The number of hydrogen-bond donors (Lipinski definition) is 1. The zero-order chi connectivity index (χ0) is 18.8. The fraction of sp³-hybridized carbons (Fsp3) is 0.208. The minimum atomic E-state index is 0.793. The highest BCUT2D eigenvalue weighted by Gasteiger charge is 2.11. The second kappa shape index (κ2) is 7.58. The monoisotopic (exact) mass is 374 g/mol. The van der Waals surface area contributed by atoms with E-state index in [1.807, 2.05) is 12.3 Å². The Kier molecular flexibility index (Phi) is 5.00. The molecule has 1 N–H and O–H groups in total. The van der Waals surface area contributed by atoms with Crippen LogP contribution in [0.2, 0.25) is 5.02 Å². The molecular weight excluding hydrogens is 352 g/mol. The fourth-order valence-corrected chi connectivity index (χ4v) is 3.66. The van der Waals surface area contributed by atoms with Gasteiger partial charge in [0.05, 0.1) is 5.69 Å². The third-order valence-electron chi connectivity index (χ3n) is 5.03. The third kappa shape index (κ3) is 3.63. The number of aryl methyl sites for hydroxylation is 2. The van der Waals surface area contributed by atoms with Gasteiger partial charge in [-0.15, -0.1) is 0 Å². The van der Waals surface area contributed by atoms with Gasteiger partial charge in [-0.3, -0.25) is 0 Å². The smallest absolute Gasteiger partial charge is 0.138 e. The van der Waals surface area contributed by atoms with Crippen LogP contribution in [0.1, 0.15) is 30.9 Å². The van der Waals surface area contributed by atoms with Crippen molar-refractivity contribution < 1.29 is 0 Å². The molecule has 3 aromatic carbocycles. The Hall–Kier alpha value is -2.58. The van der Waals surface area contributed by atoms with Crippen molar-refractivity contribution in [3.05, 3.63) is 76.9 Å². The number of hydrogen-bond acceptors (Lipinski definition) is 1. The molecule has 27 heavy (non-hydrogen) atoms. The minimum Gasteiger partial charge on any atom is -0.344 e. The summed E-state index contributed by atoms with van der Waals surface area (Å²) < 4.78 is 0. The van der Waals surface area contributed by atoms with Crippen molar-refractivity contribution >= 4 is 22.4 Å². The molecule has 0 fully saturated rings. The summed E-state index contributed by atoms with van der Waals surface area (Å²) in [5.74, 6) is 0.882. The van der Waals surface area contributed by atoms with E-state index >= 15 is 0 Å². The molecule has 2 nitrogen and oxygen atoms in total. The van der Waals surface area contributed by atoms with Crippen LogP contribution in [0.15, 0.2) is 60.8 Å². The van der Waals surface area contributed by atoms with E-state index in [1.165, 1.54) is 24.0 Å². The number of unbranched alkanes of at least 4 members (excludes halogenated alkanes) is 1. The molecule has 0 bridgehead atoms. The molecule has 0 aliphatic rings. The average molecular weight is 375 g/mol. The van der Waals surface area contributed by atoms with Crippen molar-refractivity contribution in [2.45, 2.75) is 33.1 Å². The van der Waals surface area contributed by atoms with Gasteiger partial charge in [0.25, 0.3) is 0 Å². The summed E-state index contributed by atoms with van der Waals surface area (Å²) in [4.78, 5) is 8.15. The van der Waals surface area contributed by atoms with Crippen molar-refractivity contribution in [2.75, 3.05) is 0 Å². The van der Waals surface area contributed by atoms with Crippen LogP contribution in [0, 0.1) is 6.92 Å². The van der Waals surface area contributed by atoms with E-state index in [9.17, 15) is 0 Å². The van der Waals surface area contributed by atoms with Crippen LogP contribution >= 0.6 is 11.6 Å². The molecule has 136 valence electrons. The SMILES string of the molecule is CCCCc1ccc2c(-c3c[nH]c(-c4ccc(C)cc4)n3)ccc(Cl)c2c1. The van der Waals surface area contributed by atoms with Crippen LogP contribution in [0.5, 0.6) is 0 Å². The Labute approximate surface area is 165 Å². The number of nitrogens with zero attached hydrogens (tertiary/aromatic N) is 1. The molecule has 0 amide bonds. The number of aromatic nitrogens is 2. The highest BCUT2D eigenvalue weighted by molar-refractivity contribution is 6.36. The zero-order valence-corrected chi connectivity index (χ0v) is 16.5. The Balaban J connectivity index is 1.75. The predicted octanol–water partition coefficient (Wildman–Crippen LogP) is 7.20. The Morgan fingerprint density at radius 1 is 0.963 bits per heavy atom. The first-order chi connectivity index (χ1) is 13.2. The molecule has 0 aliphatic heterocycles. The molecule has 1 heterocycles. The molecule has 3 heteroatoms. The number of aromatic amines is 1. The average Bonchev–Trinajstić information content (AvgIpc) is 3.17. The van der Waals surface area contributed by atoms with Crippen molar-refractivity contribution in [3.8, 4) is 22.6 Å². The largest absolute Gasteiger partial charge is 0.344 e. The maximum absolute atomic E-state index is 6.51. The number of fused-ring (bicyclic) bond motifs is 1. The van der Waals surface area contributed by atoms with Gasteiger partial charge in [0.2, 0.25) is 0 Å². The molecule has 1 aromatic heterocycles. The highest BCUT2D eigenvalue weighted by Crippen LogP contribution is 2.34. The summed E-state index contributed by atoms with van der Waals surface area (Å²) >= 11 is 6.51. The van der Waals surface area contributed by atoms with Gasteiger partial charge in [0, 0.05) is 27.7 Å². The second-order valence-electron chi connectivity index (χ2n) is 7.08. The summed E-state index contributed by atoms with van der Waals surface area (Å²) in [6, 6.07) is 19.1. The maximum Gasteiger partial charge on any atom is 0.138 e. The third-order valence-corrected chi connectivity index (χ3v) is 5.36. The van der Waals surface area contributed by atoms with E-state index in [4.69, 9.17) is 16.6 Å². The lowest BCUT2D eigenvalue weighted by molar-refractivity contribution is 0.796. The molecule has 4 rings (SSSR count). The molecule has 4 aromatic rings. The summed E-state index contributed by atoms with van der Waals surface area (Å²) in [6.45, 7) is 4.31. The topological polar surface area (TPSA) is 28.7 Å². The van der Waals surface area contributed by atoms with Crippen molar-refractivity contribution in [1.29, 1.82) is 0 Å². The summed E-state index contributed by atoms with van der Waals surface area (Å²) in [5, 5.41) is 3.04. The molecular formula is C24H23ClN2. The van der Waals surface area contributed by atoms with Crippen LogP contribution in [-0.2, 0) is 6.42 Å². The standard InChI is InChI=1S/C24H23ClN2/c1-3-4-5-17-8-11-19-20(12-13-22(25)21(19)14-17)23-15-26-24(27-23)18-9-6-16(2)7-10-18/h6-15H,3-5H2,1-2H3,(H,26,27). The van der Waals surface area contributed by atoms with E-state index < -0.39 is 0 Å². The highest BCUT2D eigenvalue weighted by atomic mass is 35.5. The molecule has 0 radical (unpaired) electrons. The summed E-state index contributed by atoms with van der Waals surface area (Å²) in [6.07, 6.45) is 5.46. The van der Waals surface area contributed by atoms with Crippen molar-refractivity contribution in [3.63, 3.8) is 0 Å². The molecule has 0 saturated heterocycles. The molecule has 0 unspecified atom stereocenters. The van der Waals surface area contributed by atoms with Gasteiger partial charge in [-0.1, -0.05) is 73.0 Å². The lowest BCUT2D eigenvalue weighted by atomic mass is 9.98. The quantitative estimate of drug-likeness (QED) is 0.393. The number of benzene rings is 3.